The molecule has 102 valence electrons. The summed E-state index contributed by atoms with van der Waals surface area (Å²) in [5, 5.41) is 6.53. The van der Waals surface area contributed by atoms with Crippen molar-refractivity contribution in [3.8, 4) is 0 Å². The zero-order valence-electron chi connectivity index (χ0n) is 11.1. The maximum absolute atomic E-state index is 12.1. The van der Waals surface area contributed by atoms with Crippen molar-refractivity contribution < 1.29 is 4.79 Å². The molecule has 0 spiro atoms. The molecular formula is C15H21N3O. The van der Waals surface area contributed by atoms with Gasteiger partial charge in [-0.25, -0.2) is 4.79 Å². The van der Waals surface area contributed by atoms with Crippen molar-refractivity contribution >= 4 is 6.03 Å². The Bertz CT molecular complexity index is 420. The number of carbonyl (C=O) groups excluding carboxylic acids is 1. The summed E-state index contributed by atoms with van der Waals surface area (Å²) in [5.41, 5.74) is 1.14. The summed E-state index contributed by atoms with van der Waals surface area (Å²) < 4.78 is 0. The van der Waals surface area contributed by atoms with Crippen molar-refractivity contribution in [3.05, 3.63) is 35.9 Å². The van der Waals surface area contributed by atoms with E-state index in [0.29, 0.717) is 18.5 Å². The molecule has 2 atom stereocenters. The number of carbonyl (C=O) groups is 1. The van der Waals surface area contributed by atoms with Crippen molar-refractivity contribution in [1.29, 1.82) is 0 Å². The van der Waals surface area contributed by atoms with Gasteiger partial charge < -0.3 is 15.5 Å². The Hall–Kier alpha value is -1.55. The van der Waals surface area contributed by atoms with Gasteiger partial charge in [0.05, 0.1) is 0 Å². The van der Waals surface area contributed by atoms with Gasteiger partial charge in [0.15, 0.2) is 0 Å². The number of rotatable bonds is 2. The molecule has 19 heavy (non-hydrogen) atoms. The normalized spacial score (nSPS) is 26.0. The lowest BCUT2D eigenvalue weighted by Crippen LogP contribution is -2.42. The molecule has 0 radical (unpaired) electrons. The first-order valence-corrected chi connectivity index (χ1v) is 7.13. The first-order valence-electron chi connectivity index (χ1n) is 7.13. The van der Waals surface area contributed by atoms with E-state index in [0.717, 1.165) is 25.2 Å². The SMILES string of the molecule is O=C(NCc1ccccc1)N1C[C@@H]2CCCN[C@@H]2C1. The number of hydrogen-bond donors (Lipinski definition) is 2. The van der Waals surface area contributed by atoms with Crippen LogP contribution >= 0.6 is 0 Å². The third-order valence-electron chi connectivity index (χ3n) is 4.17. The van der Waals surface area contributed by atoms with Crippen LogP contribution in [0.4, 0.5) is 4.79 Å². The number of urea groups is 1. The van der Waals surface area contributed by atoms with Crippen LogP contribution in [0.25, 0.3) is 0 Å². The average molecular weight is 259 g/mol. The molecule has 0 unspecified atom stereocenters. The van der Waals surface area contributed by atoms with Gasteiger partial charge in [-0.1, -0.05) is 30.3 Å². The van der Waals surface area contributed by atoms with E-state index in [2.05, 4.69) is 10.6 Å². The van der Waals surface area contributed by atoms with Gasteiger partial charge in [0, 0.05) is 25.7 Å². The fourth-order valence-corrected chi connectivity index (χ4v) is 3.10. The first-order chi connectivity index (χ1) is 9.33. The van der Waals surface area contributed by atoms with Gasteiger partial charge >= 0.3 is 6.03 Å². The summed E-state index contributed by atoms with van der Waals surface area (Å²) in [7, 11) is 0. The molecule has 2 saturated heterocycles. The molecule has 4 heteroatoms. The van der Waals surface area contributed by atoms with Crippen LogP contribution in [0.3, 0.4) is 0 Å². The van der Waals surface area contributed by atoms with Crippen LogP contribution in [0.2, 0.25) is 0 Å². The molecule has 0 aliphatic carbocycles. The maximum atomic E-state index is 12.1. The Morgan fingerprint density at radius 2 is 2.16 bits per heavy atom. The number of hydrogen-bond acceptors (Lipinski definition) is 2. The Morgan fingerprint density at radius 3 is 2.95 bits per heavy atom. The molecule has 2 amide bonds. The van der Waals surface area contributed by atoms with Crippen molar-refractivity contribution in [2.24, 2.45) is 5.92 Å². The number of piperidine rings is 1. The first kappa shape index (κ1) is 12.5. The largest absolute Gasteiger partial charge is 0.334 e. The highest BCUT2D eigenvalue weighted by Gasteiger charge is 2.36. The predicted molar refractivity (Wildman–Crippen MR) is 74.8 cm³/mol. The Balaban J connectivity index is 1.51. The van der Waals surface area contributed by atoms with E-state index < -0.39 is 0 Å². The molecule has 0 aromatic heterocycles. The molecule has 1 aromatic rings. The second kappa shape index (κ2) is 5.61. The summed E-state index contributed by atoms with van der Waals surface area (Å²) in [6.45, 7) is 3.46. The highest BCUT2D eigenvalue weighted by atomic mass is 16.2. The summed E-state index contributed by atoms with van der Waals surface area (Å²) in [5.74, 6) is 0.649. The van der Waals surface area contributed by atoms with Gasteiger partial charge in [-0.3, -0.25) is 0 Å². The number of likely N-dealkylation sites (tertiary alicyclic amines) is 1. The van der Waals surface area contributed by atoms with Gasteiger partial charge in [-0.2, -0.15) is 0 Å². The van der Waals surface area contributed by atoms with Gasteiger partial charge in [-0.15, -0.1) is 0 Å². The molecule has 2 N–H and O–H groups in total. The zero-order valence-corrected chi connectivity index (χ0v) is 11.1. The van der Waals surface area contributed by atoms with E-state index in [4.69, 9.17) is 0 Å². The molecule has 2 heterocycles. The van der Waals surface area contributed by atoms with Gasteiger partial charge in [0.2, 0.25) is 0 Å². The third kappa shape index (κ3) is 2.89. The average Bonchev–Trinajstić information content (AvgIpc) is 2.90. The van der Waals surface area contributed by atoms with Crippen LogP contribution in [-0.2, 0) is 6.54 Å². The van der Waals surface area contributed by atoms with E-state index in [-0.39, 0.29) is 6.03 Å². The lowest BCUT2D eigenvalue weighted by molar-refractivity contribution is 0.206. The topological polar surface area (TPSA) is 44.4 Å². The van der Waals surface area contributed by atoms with Gasteiger partial charge in [-0.05, 0) is 30.9 Å². The monoisotopic (exact) mass is 259 g/mol. The highest BCUT2D eigenvalue weighted by Crippen LogP contribution is 2.24. The second-order valence-electron chi connectivity index (χ2n) is 5.51. The summed E-state index contributed by atoms with van der Waals surface area (Å²) in [6, 6.07) is 10.6. The quantitative estimate of drug-likeness (QED) is 0.847. The Kier molecular flexibility index (Phi) is 3.69. The standard InChI is InChI=1S/C15H21N3O/c19-15(17-9-12-5-2-1-3-6-12)18-10-13-7-4-8-16-14(13)11-18/h1-3,5-6,13-14,16H,4,7-11H2,(H,17,19)/t13-,14+/m0/s1. The van der Waals surface area contributed by atoms with Crippen LogP contribution in [0, 0.1) is 5.92 Å². The molecule has 4 nitrogen and oxygen atoms in total. The van der Waals surface area contributed by atoms with E-state index in [1.54, 1.807) is 0 Å². The Morgan fingerprint density at radius 1 is 1.32 bits per heavy atom. The van der Waals surface area contributed by atoms with Gasteiger partial charge in [0.25, 0.3) is 0 Å². The van der Waals surface area contributed by atoms with Crippen LogP contribution < -0.4 is 10.6 Å². The van der Waals surface area contributed by atoms with Crippen molar-refractivity contribution in [3.63, 3.8) is 0 Å². The second-order valence-corrected chi connectivity index (χ2v) is 5.51. The number of fused-ring (bicyclic) bond motifs is 1. The van der Waals surface area contributed by atoms with E-state index in [1.807, 2.05) is 35.2 Å². The molecular weight excluding hydrogens is 238 g/mol. The maximum Gasteiger partial charge on any atom is 0.317 e. The minimum atomic E-state index is 0.0695. The van der Waals surface area contributed by atoms with Crippen LogP contribution in [-0.4, -0.2) is 36.6 Å². The lowest BCUT2D eigenvalue weighted by Gasteiger charge is -2.24. The van der Waals surface area contributed by atoms with Gasteiger partial charge in [0.1, 0.15) is 0 Å². The zero-order chi connectivity index (χ0) is 13.1. The molecule has 0 saturated carbocycles. The van der Waals surface area contributed by atoms with E-state index in [1.165, 1.54) is 12.8 Å². The molecule has 3 rings (SSSR count). The summed E-state index contributed by atoms with van der Waals surface area (Å²) >= 11 is 0. The lowest BCUT2D eigenvalue weighted by atomic mass is 9.94. The molecule has 1 aromatic carbocycles. The molecule has 2 aliphatic rings. The van der Waals surface area contributed by atoms with Crippen LogP contribution in [0.5, 0.6) is 0 Å². The molecule has 0 bridgehead atoms. The third-order valence-corrected chi connectivity index (χ3v) is 4.17. The fraction of sp³-hybridized carbons (Fsp3) is 0.533. The van der Waals surface area contributed by atoms with Crippen molar-refractivity contribution in [1.82, 2.24) is 15.5 Å². The highest BCUT2D eigenvalue weighted by molar-refractivity contribution is 5.74. The Labute approximate surface area is 114 Å². The van der Waals surface area contributed by atoms with Crippen molar-refractivity contribution in [2.75, 3.05) is 19.6 Å². The van der Waals surface area contributed by atoms with E-state index in [9.17, 15) is 4.79 Å². The van der Waals surface area contributed by atoms with Crippen molar-refractivity contribution in [2.45, 2.75) is 25.4 Å². The van der Waals surface area contributed by atoms with E-state index >= 15 is 0 Å². The number of benzene rings is 1. The minimum absolute atomic E-state index is 0.0695. The number of nitrogens with zero attached hydrogens (tertiary/aromatic N) is 1. The summed E-state index contributed by atoms with van der Waals surface area (Å²) in [4.78, 5) is 14.1. The molecule has 2 aliphatic heterocycles. The molecule has 2 fully saturated rings. The number of nitrogens with one attached hydrogen (secondary N) is 2. The van der Waals surface area contributed by atoms with Crippen LogP contribution in [0.15, 0.2) is 30.3 Å². The smallest absolute Gasteiger partial charge is 0.317 e. The summed E-state index contributed by atoms with van der Waals surface area (Å²) in [6.07, 6.45) is 2.49. The fourth-order valence-electron chi connectivity index (χ4n) is 3.10. The predicted octanol–water partition coefficient (Wildman–Crippen LogP) is 1.58. The number of amides is 2. The van der Waals surface area contributed by atoms with Crippen LogP contribution in [0.1, 0.15) is 18.4 Å². The minimum Gasteiger partial charge on any atom is -0.334 e.